The van der Waals surface area contributed by atoms with Gasteiger partial charge in [-0.25, -0.2) is 0 Å². The fraction of sp³-hybridized carbons (Fsp3) is 0.214. The molecule has 18 heavy (non-hydrogen) atoms. The number of furan rings is 1. The summed E-state index contributed by atoms with van der Waals surface area (Å²) in [7, 11) is 1.73. The molecule has 0 saturated carbocycles. The summed E-state index contributed by atoms with van der Waals surface area (Å²) in [5.41, 5.74) is 1.75. The van der Waals surface area contributed by atoms with Crippen molar-refractivity contribution >= 4 is 17.5 Å². The van der Waals surface area contributed by atoms with Crippen LogP contribution in [0.15, 0.2) is 41.0 Å². The molecule has 94 valence electrons. The van der Waals surface area contributed by atoms with Crippen molar-refractivity contribution in [2.24, 2.45) is 0 Å². The standard InChI is InChI=1S/C14H14ClNO2/c1-10-7-8-18-13(10)14(17)16(2)9-11-5-3-4-6-12(11)15/h3-8H,9H2,1-2H3. The molecule has 0 aliphatic rings. The number of rotatable bonds is 3. The molecule has 4 heteroatoms. The number of halogens is 1. The van der Waals surface area contributed by atoms with Gasteiger partial charge in [0.2, 0.25) is 0 Å². The lowest BCUT2D eigenvalue weighted by molar-refractivity contribution is 0.0752. The van der Waals surface area contributed by atoms with E-state index in [-0.39, 0.29) is 5.91 Å². The van der Waals surface area contributed by atoms with Crippen LogP contribution in [0.1, 0.15) is 21.7 Å². The Morgan fingerprint density at radius 3 is 2.67 bits per heavy atom. The molecular formula is C14H14ClNO2. The molecule has 0 aliphatic carbocycles. The highest BCUT2D eigenvalue weighted by atomic mass is 35.5. The second kappa shape index (κ2) is 5.27. The number of hydrogen-bond acceptors (Lipinski definition) is 2. The van der Waals surface area contributed by atoms with Gasteiger partial charge in [0, 0.05) is 24.2 Å². The molecule has 0 unspecified atom stereocenters. The molecule has 0 N–H and O–H groups in total. The Kier molecular flexibility index (Phi) is 3.72. The first kappa shape index (κ1) is 12.7. The highest BCUT2D eigenvalue weighted by molar-refractivity contribution is 6.31. The molecule has 0 atom stereocenters. The van der Waals surface area contributed by atoms with Crippen LogP contribution in [0.25, 0.3) is 0 Å². The van der Waals surface area contributed by atoms with Crippen LogP contribution in [-0.4, -0.2) is 17.9 Å². The quantitative estimate of drug-likeness (QED) is 0.849. The second-order valence-corrected chi connectivity index (χ2v) is 4.59. The van der Waals surface area contributed by atoms with Crippen molar-refractivity contribution in [3.63, 3.8) is 0 Å². The summed E-state index contributed by atoms with van der Waals surface area (Å²) >= 11 is 6.07. The van der Waals surface area contributed by atoms with Gasteiger partial charge in [0.1, 0.15) is 0 Å². The van der Waals surface area contributed by atoms with Crippen LogP contribution in [0.5, 0.6) is 0 Å². The minimum atomic E-state index is -0.141. The molecular weight excluding hydrogens is 250 g/mol. The van der Waals surface area contributed by atoms with Crippen LogP contribution in [-0.2, 0) is 6.54 Å². The van der Waals surface area contributed by atoms with Gasteiger partial charge in [0.15, 0.2) is 5.76 Å². The highest BCUT2D eigenvalue weighted by Crippen LogP contribution is 2.18. The van der Waals surface area contributed by atoms with Gasteiger partial charge in [0.25, 0.3) is 5.91 Å². The summed E-state index contributed by atoms with van der Waals surface area (Å²) in [6.45, 7) is 2.30. The van der Waals surface area contributed by atoms with Crippen molar-refractivity contribution in [2.75, 3.05) is 7.05 Å². The van der Waals surface area contributed by atoms with Crippen molar-refractivity contribution < 1.29 is 9.21 Å². The minimum absolute atomic E-state index is 0.141. The van der Waals surface area contributed by atoms with E-state index in [0.29, 0.717) is 17.3 Å². The smallest absolute Gasteiger partial charge is 0.289 e. The van der Waals surface area contributed by atoms with E-state index in [0.717, 1.165) is 11.1 Å². The largest absolute Gasteiger partial charge is 0.459 e. The van der Waals surface area contributed by atoms with Crippen LogP contribution < -0.4 is 0 Å². The van der Waals surface area contributed by atoms with E-state index in [2.05, 4.69) is 0 Å². The van der Waals surface area contributed by atoms with Gasteiger partial charge in [0.05, 0.1) is 6.26 Å². The van der Waals surface area contributed by atoms with Crippen LogP contribution >= 0.6 is 11.6 Å². The van der Waals surface area contributed by atoms with E-state index in [4.69, 9.17) is 16.0 Å². The van der Waals surface area contributed by atoms with E-state index in [1.54, 1.807) is 18.0 Å². The Balaban J connectivity index is 2.14. The molecule has 1 heterocycles. The van der Waals surface area contributed by atoms with Gasteiger partial charge >= 0.3 is 0 Å². The molecule has 1 amide bonds. The number of benzene rings is 1. The fourth-order valence-corrected chi connectivity index (χ4v) is 1.91. The van der Waals surface area contributed by atoms with E-state index in [9.17, 15) is 4.79 Å². The van der Waals surface area contributed by atoms with Gasteiger partial charge in [-0.3, -0.25) is 4.79 Å². The predicted molar refractivity (Wildman–Crippen MR) is 70.7 cm³/mol. The molecule has 0 saturated heterocycles. The van der Waals surface area contributed by atoms with Crippen molar-refractivity contribution in [1.29, 1.82) is 0 Å². The molecule has 2 aromatic rings. The maximum absolute atomic E-state index is 12.1. The van der Waals surface area contributed by atoms with Crippen molar-refractivity contribution in [1.82, 2.24) is 4.90 Å². The molecule has 2 rings (SSSR count). The molecule has 0 spiro atoms. The third kappa shape index (κ3) is 2.57. The maximum atomic E-state index is 12.1. The minimum Gasteiger partial charge on any atom is -0.459 e. The lowest BCUT2D eigenvalue weighted by atomic mass is 10.2. The summed E-state index contributed by atoms with van der Waals surface area (Å²) in [6, 6.07) is 9.26. The van der Waals surface area contributed by atoms with Crippen LogP contribution in [0.4, 0.5) is 0 Å². The molecule has 0 bridgehead atoms. The predicted octanol–water partition coefficient (Wildman–Crippen LogP) is 3.51. The first-order valence-corrected chi connectivity index (χ1v) is 6.00. The zero-order valence-corrected chi connectivity index (χ0v) is 11.1. The third-order valence-corrected chi connectivity index (χ3v) is 3.14. The summed E-state index contributed by atoms with van der Waals surface area (Å²) in [5.74, 6) is 0.238. The van der Waals surface area contributed by atoms with Gasteiger partial charge in [-0.2, -0.15) is 0 Å². The number of amides is 1. The Morgan fingerprint density at radius 1 is 1.33 bits per heavy atom. The highest BCUT2D eigenvalue weighted by Gasteiger charge is 2.18. The topological polar surface area (TPSA) is 33.5 Å². The molecule has 0 fully saturated rings. The normalized spacial score (nSPS) is 10.4. The first-order valence-electron chi connectivity index (χ1n) is 5.62. The van der Waals surface area contributed by atoms with E-state index in [1.807, 2.05) is 31.2 Å². The maximum Gasteiger partial charge on any atom is 0.289 e. The summed E-state index contributed by atoms with van der Waals surface area (Å²) in [4.78, 5) is 13.7. The lowest BCUT2D eigenvalue weighted by Gasteiger charge is -2.17. The van der Waals surface area contributed by atoms with Gasteiger partial charge < -0.3 is 9.32 Å². The van der Waals surface area contributed by atoms with Gasteiger partial charge in [-0.05, 0) is 24.6 Å². The summed E-state index contributed by atoms with van der Waals surface area (Å²) in [6.07, 6.45) is 1.52. The Labute approximate surface area is 111 Å². The Bertz CT molecular complexity index is 562. The number of carbonyl (C=O) groups is 1. The zero-order valence-electron chi connectivity index (χ0n) is 10.3. The Hall–Kier alpha value is -1.74. The van der Waals surface area contributed by atoms with E-state index in [1.165, 1.54) is 6.26 Å². The number of nitrogens with zero attached hydrogens (tertiary/aromatic N) is 1. The summed E-state index contributed by atoms with van der Waals surface area (Å²) < 4.78 is 5.19. The van der Waals surface area contributed by atoms with Gasteiger partial charge in [-0.15, -0.1) is 0 Å². The average Bonchev–Trinajstić information content (AvgIpc) is 2.77. The SMILES string of the molecule is Cc1ccoc1C(=O)N(C)Cc1ccccc1Cl. The lowest BCUT2D eigenvalue weighted by Crippen LogP contribution is -2.26. The van der Waals surface area contributed by atoms with E-state index < -0.39 is 0 Å². The van der Waals surface area contributed by atoms with Gasteiger partial charge in [-0.1, -0.05) is 29.8 Å². The van der Waals surface area contributed by atoms with Crippen molar-refractivity contribution in [3.05, 3.63) is 58.5 Å². The Morgan fingerprint density at radius 2 is 2.06 bits per heavy atom. The summed E-state index contributed by atoms with van der Waals surface area (Å²) in [5, 5.41) is 0.660. The zero-order chi connectivity index (χ0) is 13.1. The average molecular weight is 264 g/mol. The van der Waals surface area contributed by atoms with Crippen molar-refractivity contribution in [2.45, 2.75) is 13.5 Å². The first-order chi connectivity index (χ1) is 8.59. The number of hydrogen-bond donors (Lipinski definition) is 0. The molecule has 1 aromatic carbocycles. The molecule has 0 radical (unpaired) electrons. The van der Waals surface area contributed by atoms with Crippen LogP contribution in [0.2, 0.25) is 5.02 Å². The van der Waals surface area contributed by atoms with Crippen molar-refractivity contribution in [3.8, 4) is 0 Å². The van der Waals surface area contributed by atoms with E-state index >= 15 is 0 Å². The molecule has 0 aliphatic heterocycles. The number of aryl methyl sites for hydroxylation is 1. The third-order valence-electron chi connectivity index (χ3n) is 2.77. The second-order valence-electron chi connectivity index (χ2n) is 4.19. The fourth-order valence-electron chi connectivity index (χ4n) is 1.72. The number of carbonyl (C=O) groups excluding carboxylic acids is 1. The van der Waals surface area contributed by atoms with Crippen LogP contribution in [0, 0.1) is 6.92 Å². The monoisotopic (exact) mass is 263 g/mol. The van der Waals surface area contributed by atoms with Crippen LogP contribution in [0.3, 0.4) is 0 Å². The molecule has 1 aromatic heterocycles. The molecule has 3 nitrogen and oxygen atoms in total.